The van der Waals surface area contributed by atoms with E-state index in [0.717, 1.165) is 18.4 Å². The van der Waals surface area contributed by atoms with Crippen LogP contribution in [0.3, 0.4) is 0 Å². The number of ether oxygens (including phenoxy) is 1. The van der Waals surface area contributed by atoms with Crippen molar-refractivity contribution in [3.8, 4) is 0 Å². The van der Waals surface area contributed by atoms with Crippen LogP contribution in [0.25, 0.3) is 0 Å². The van der Waals surface area contributed by atoms with E-state index in [1.54, 1.807) is 0 Å². The Morgan fingerprint density at radius 3 is 2.71 bits per heavy atom. The highest BCUT2D eigenvalue weighted by Gasteiger charge is 2.27. The SMILES string of the molecule is CC(C)C1CC(NCC2CCCC2C)CCO1. The molecule has 0 spiro atoms. The predicted molar refractivity (Wildman–Crippen MR) is 72.1 cm³/mol. The Kier molecular flexibility index (Phi) is 4.87. The molecule has 4 atom stereocenters. The van der Waals surface area contributed by atoms with Gasteiger partial charge in [0.05, 0.1) is 6.10 Å². The molecule has 0 aromatic rings. The average Bonchev–Trinajstić information content (AvgIpc) is 2.72. The van der Waals surface area contributed by atoms with Gasteiger partial charge in [-0.25, -0.2) is 0 Å². The third-order valence-corrected chi connectivity index (χ3v) is 4.77. The standard InChI is InChI=1S/C15H29NO/c1-11(2)15-9-14(7-8-17-15)16-10-13-6-4-5-12(13)3/h11-16H,4-10H2,1-3H3. The van der Waals surface area contributed by atoms with Crippen LogP contribution in [-0.2, 0) is 4.74 Å². The molecule has 2 nitrogen and oxygen atoms in total. The highest BCUT2D eigenvalue weighted by molar-refractivity contribution is 4.82. The molecule has 1 aliphatic heterocycles. The molecule has 1 N–H and O–H groups in total. The van der Waals surface area contributed by atoms with Gasteiger partial charge in [0, 0.05) is 12.6 Å². The Balaban J connectivity index is 1.71. The maximum absolute atomic E-state index is 5.82. The lowest BCUT2D eigenvalue weighted by atomic mass is 9.93. The minimum atomic E-state index is 0.474. The third kappa shape index (κ3) is 3.69. The van der Waals surface area contributed by atoms with E-state index in [2.05, 4.69) is 26.1 Å². The molecule has 1 aliphatic carbocycles. The molecule has 1 heterocycles. The van der Waals surface area contributed by atoms with Crippen LogP contribution in [0.2, 0.25) is 0 Å². The summed E-state index contributed by atoms with van der Waals surface area (Å²) in [7, 11) is 0. The van der Waals surface area contributed by atoms with Gasteiger partial charge in [0.2, 0.25) is 0 Å². The summed E-state index contributed by atoms with van der Waals surface area (Å²) in [5, 5.41) is 3.80. The smallest absolute Gasteiger partial charge is 0.0612 e. The summed E-state index contributed by atoms with van der Waals surface area (Å²) in [6.45, 7) is 9.13. The fourth-order valence-corrected chi connectivity index (χ4v) is 3.32. The maximum Gasteiger partial charge on any atom is 0.0612 e. The fourth-order valence-electron chi connectivity index (χ4n) is 3.32. The van der Waals surface area contributed by atoms with Crippen molar-refractivity contribution in [2.24, 2.45) is 17.8 Å². The highest BCUT2D eigenvalue weighted by Crippen LogP contribution is 2.31. The van der Waals surface area contributed by atoms with Crippen molar-refractivity contribution in [3.63, 3.8) is 0 Å². The van der Waals surface area contributed by atoms with Gasteiger partial charge in [0.1, 0.15) is 0 Å². The van der Waals surface area contributed by atoms with Gasteiger partial charge >= 0.3 is 0 Å². The largest absolute Gasteiger partial charge is 0.378 e. The zero-order chi connectivity index (χ0) is 12.3. The second-order valence-corrected chi connectivity index (χ2v) is 6.45. The van der Waals surface area contributed by atoms with E-state index in [1.807, 2.05) is 0 Å². The van der Waals surface area contributed by atoms with Crippen molar-refractivity contribution in [2.75, 3.05) is 13.2 Å². The zero-order valence-electron chi connectivity index (χ0n) is 11.7. The Labute approximate surface area is 107 Å². The van der Waals surface area contributed by atoms with Gasteiger partial charge < -0.3 is 10.1 Å². The molecule has 1 saturated carbocycles. The van der Waals surface area contributed by atoms with Crippen molar-refractivity contribution >= 4 is 0 Å². The minimum absolute atomic E-state index is 0.474. The van der Waals surface area contributed by atoms with E-state index in [1.165, 1.54) is 38.6 Å². The summed E-state index contributed by atoms with van der Waals surface area (Å²) in [5.41, 5.74) is 0. The molecule has 17 heavy (non-hydrogen) atoms. The summed E-state index contributed by atoms with van der Waals surface area (Å²) in [4.78, 5) is 0. The molecule has 1 saturated heterocycles. The van der Waals surface area contributed by atoms with Crippen LogP contribution in [0.5, 0.6) is 0 Å². The second-order valence-electron chi connectivity index (χ2n) is 6.45. The summed E-state index contributed by atoms with van der Waals surface area (Å²) >= 11 is 0. The van der Waals surface area contributed by atoms with Crippen LogP contribution < -0.4 is 5.32 Å². The zero-order valence-corrected chi connectivity index (χ0v) is 11.7. The maximum atomic E-state index is 5.82. The van der Waals surface area contributed by atoms with E-state index >= 15 is 0 Å². The Hall–Kier alpha value is -0.0800. The van der Waals surface area contributed by atoms with E-state index in [0.29, 0.717) is 18.1 Å². The van der Waals surface area contributed by atoms with Crippen molar-refractivity contribution in [2.45, 2.75) is 65.0 Å². The molecule has 0 aromatic carbocycles. The molecule has 0 radical (unpaired) electrons. The van der Waals surface area contributed by atoms with Crippen LogP contribution in [0.4, 0.5) is 0 Å². The monoisotopic (exact) mass is 239 g/mol. The van der Waals surface area contributed by atoms with Gasteiger partial charge in [-0.2, -0.15) is 0 Å². The fraction of sp³-hybridized carbons (Fsp3) is 1.00. The van der Waals surface area contributed by atoms with Gasteiger partial charge in [-0.3, -0.25) is 0 Å². The van der Waals surface area contributed by atoms with E-state index in [9.17, 15) is 0 Å². The molecular formula is C15H29NO. The van der Waals surface area contributed by atoms with Crippen LogP contribution in [-0.4, -0.2) is 25.3 Å². The van der Waals surface area contributed by atoms with Crippen molar-refractivity contribution in [1.29, 1.82) is 0 Å². The molecule has 2 heteroatoms. The normalized spacial score (nSPS) is 38.8. The molecule has 0 bridgehead atoms. The Bertz CT molecular complexity index is 229. The lowest BCUT2D eigenvalue weighted by molar-refractivity contribution is -0.0249. The first-order valence-corrected chi connectivity index (χ1v) is 7.51. The molecule has 2 rings (SSSR count). The summed E-state index contributed by atoms with van der Waals surface area (Å²) in [5.74, 6) is 2.52. The lowest BCUT2D eigenvalue weighted by Crippen LogP contribution is -2.42. The second kappa shape index (κ2) is 6.19. The first-order chi connectivity index (χ1) is 8.16. The molecule has 4 unspecified atom stereocenters. The number of nitrogens with one attached hydrogen (secondary N) is 1. The van der Waals surface area contributed by atoms with Gasteiger partial charge in [-0.15, -0.1) is 0 Å². The van der Waals surface area contributed by atoms with Crippen molar-refractivity contribution in [1.82, 2.24) is 5.32 Å². The van der Waals surface area contributed by atoms with Crippen molar-refractivity contribution < 1.29 is 4.74 Å². The average molecular weight is 239 g/mol. The summed E-state index contributed by atoms with van der Waals surface area (Å²) in [6, 6.07) is 0.698. The van der Waals surface area contributed by atoms with Crippen molar-refractivity contribution in [3.05, 3.63) is 0 Å². The Morgan fingerprint density at radius 2 is 2.06 bits per heavy atom. The number of hydrogen-bond acceptors (Lipinski definition) is 2. The minimum Gasteiger partial charge on any atom is -0.378 e. The van der Waals surface area contributed by atoms with Gasteiger partial charge in [0.15, 0.2) is 0 Å². The number of rotatable bonds is 4. The molecular weight excluding hydrogens is 210 g/mol. The van der Waals surface area contributed by atoms with Crippen LogP contribution in [0, 0.1) is 17.8 Å². The summed E-state index contributed by atoms with van der Waals surface area (Å²) < 4.78 is 5.82. The highest BCUT2D eigenvalue weighted by atomic mass is 16.5. The summed E-state index contributed by atoms with van der Waals surface area (Å²) in [6.07, 6.45) is 7.20. The molecule has 0 aromatic heterocycles. The van der Waals surface area contributed by atoms with Gasteiger partial charge in [-0.05, 0) is 43.6 Å². The number of hydrogen-bond donors (Lipinski definition) is 1. The van der Waals surface area contributed by atoms with Crippen LogP contribution in [0.1, 0.15) is 52.9 Å². The molecule has 0 amide bonds. The van der Waals surface area contributed by atoms with Crippen LogP contribution >= 0.6 is 0 Å². The molecule has 2 aliphatic rings. The topological polar surface area (TPSA) is 21.3 Å². The third-order valence-electron chi connectivity index (χ3n) is 4.77. The first kappa shape index (κ1) is 13.4. The lowest BCUT2D eigenvalue weighted by Gasteiger charge is -2.33. The quantitative estimate of drug-likeness (QED) is 0.813. The van der Waals surface area contributed by atoms with E-state index in [4.69, 9.17) is 4.74 Å². The van der Waals surface area contributed by atoms with Gasteiger partial charge in [-0.1, -0.05) is 33.6 Å². The van der Waals surface area contributed by atoms with E-state index < -0.39 is 0 Å². The van der Waals surface area contributed by atoms with Gasteiger partial charge in [0.25, 0.3) is 0 Å². The molecule has 100 valence electrons. The molecule has 2 fully saturated rings. The Morgan fingerprint density at radius 1 is 1.24 bits per heavy atom. The predicted octanol–water partition coefficient (Wildman–Crippen LogP) is 3.22. The van der Waals surface area contributed by atoms with Crippen LogP contribution in [0.15, 0.2) is 0 Å². The van der Waals surface area contributed by atoms with E-state index in [-0.39, 0.29) is 0 Å². The first-order valence-electron chi connectivity index (χ1n) is 7.51.